The number of hydrogen-bond donors (Lipinski definition) is 1. The Morgan fingerprint density at radius 1 is 1.47 bits per heavy atom. The van der Waals surface area contributed by atoms with E-state index in [1.807, 2.05) is 0 Å². The minimum absolute atomic E-state index is 0.229. The summed E-state index contributed by atoms with van der Waals surface area (Å²) in [5.74, 6) is 0. The van der Waals surface area contributed by atoms with Gasteiger partial charge >= 0.3 is 0 Å². The van der Waals surface area contributed by atoms with Gasteiger partial charge in [0.25, 0.3) is 0 Å². The van der Waals surface area contributed by atoms with Crippen molar-refractivity contribution in [2.75, 3.05) is 13.2 Å². The standard InChI is InChI=1S/C9H14ClN3OS/c10-9-12-11-8(15-9)5-13-4-2-1-3-7(13)6-14/h7,14H,1-6H2. The van der Waals surface area contributed by atoms with Crippen molar-refractivity contribution in [3.05, 3.63) is 9.47 Å². The first-order valence-electron chi connectivity index (χ1n) is 5.12. The van der Waals surface area contributed by atoms with Gasteiger partial charge in [-0.05, 0) is 31.0 Å². The lowest BCUT2D eigenvalue weighted by atomic mass is 10.0. The Kier molecular flexibility index (Phi) is 3.91. The molecule has 1 unspecified atom stereocenters. The number of rotatable bonds is 3. The Morgan fingerprint density at radius 3 is 3.00 bits per heavy atom. The van der Waals surface area contributed by atoms with Crippen molar-refractivity contribution >= 4 is 22.9 Å². The maximum atomic E-state index is 9.24. The van der Waals surface area contributed by atoms with Crippen LogP contribution in [-0.2, 0) is 6.54 Å². The van der Waals surface area contributed by atoms with Crippen LogP contribution in [0, 0.1) is 0 Å². The van der Waals surface area contributed by atoms with Crippen LogP contribution in [-0.4, -0.2) is 39.4 Å². The van der Waals surface area contributed by atoms with Crippen LogP contribution in [0.1, 0.15) is 24.3 Å². The molecule has 0 bridgehead atoms. The fourth-order valence-electron chi connectivity index (χ4n) is 1.95. The van der Waals surface area contributed by atoms with Crippen LogP contribution >= 0.6 is 22.9 Å². The highest BCUT2D eigenvalue weighted by molar-refractivity contribution is 7.15. The molecular formula is C9H14ClN3OS. The summed E-state index contributed by atoms with van der Waals surface area (Å²) < 4.78 is 0.488. The Labute approximate surface area is 97.9 Å². The van der Waals surface area contributed by atoms with Crippen LogP contribution in [0.3, 0.4) is 0 Å². The molecule has 0 radical (unpaired) electrons. The van der Waals surface area contributed by atoms with Crippen LogP contribution in [0.25, 0.3) is 0 Å². The predicted octanol–water partition coefficient (Wildman–Crippen LogP) is 1.54. The van der Waals surface area contributed by atoms with Gasteiger partial charge in [-0.15, -0.1) is 10.2 Å². The monoisotopic (exact) mass is 247 g/mol. The number of piperidine rings is 1. The van der Waals surface area contributed by atoms with Crippen LogP contribution in [0.15, 0.2) is 0 Å². The van der Waals surface area contributed by atoms with Gasteiger partial charge < -0.3 is 5.11 Å². The van der Waals surface area contributed by atoms with Crippen molar-refractivity contribution < 1.29 is 5.11 Å². The molecule has 1 aromatic rings. The number of aromatic nitrogens is 2. The lowest BCUT2D eigenvalue weighted by molar-refractivity contribution is 0.0839. The number of halogens is 1. The average Bonchev–Trinajstić information content (AvgIpc) is 2.65. The Bertz CT molecular complexity index is 320. The molecule has 1 atom stereocenters. The van der Waals surface area contributed by atoms with Gasteiger partial charge in [0, 0.05) is 6.04 Å². The topological polar surface area (TPSA) is 49.2 Å². The largest absolute Gasteiger partial charge is 0.395 e. The lowest BCUT2D eigenvalue weighted by Gasteiger charge is -2.33. The molecule has 2 heterocycles. The summed E-state index contributed by atoms with van der Waals surface area (Å²) in [6.07, 6.45) is 3.48. The summed E-state index contributed by atoms with van der Waals surface area (Å²) in [5.41, 5.74) is 0. The lowest BCUT2D eigenvalue weighted by Crippen LogP contribution is -2.41. The van der Waals surface area contributed by atoms with Gasteiger partial charge in [-0.3, -0.25) is 4.90 Å². The SMILES string of the molecule is OCC1CCCCN1Cc1nnc(Cl)s1. The van der Waals surface area contributed by atoms with Crippen molar-refractivity contribution in [2.24, 2.45) is 0 Å². The maximum absolute atomic E-state index is 9.24. The second-order valence-electron chi connectivity index (χ2n) is 3.75. The Balaban J connectivity index is 1.97. The van der Waals surface area contributed by atoms with Crippen LogP contribution in [0.5, 0.6) is 0 Å². The highest BCUT2D eigenvalue weighted by Crippen LogP contribution is 2.22. The van der Waals surface area contributed by atoms with Crippen LogP contribution in [0.4, 0.5) is 0 Å². The van der Waals surface area contributed by atoms with Gasteiger partial charge in [0.1, 0.15) is 5.01 Å². The third-order valence-electron chi connectivity index (χ3n) is 2.74. The predicted molar refractivity (Wildman–Crippen MR) is 60.1 cm³/mol. The maximum Gasteiger partial charge on any atom is 0.207 e. The van der Waals surface area contributed by atoms with Gasteiger partial charge in [0.05, 0.1) is 13.2 Å². The molecular weight excluding hydrogens is 234 g/mol. The molecule has 1 aliphatic heterocycles. The van der Waals surface area contributed by atoms with Gasteiger partial charge in [0.2, 0.25) is 4.47 Å². The summed E-state index contributed by atoms with van der Waals surface area (Å²) >= 11 is 7.14. The number of hydrogen-bond acceptors (Lipinski definition) is 5. The molecule has 0 aromatic carbocycles. The molecule has 0 aliphatic carbocycles. The van der Waals surface area contributed by atoms with E-state index in [2.05, 4.69) is 15.1 Å². The summed E-state index contributed by atoms with van der Waals surface area (Å²) in [5, 5.41) is 17.9. The van der Waals surface area contributed by atoms with Crippen molar-refractivity contribution in [3.8, 4) is 0 Å². The van der Waals surface area contributed by atoms with E-state index in [0.29, 0.717) is 4.47 Å². The highest BCUT2D eigenvalue weighted by Gasteiger charge is 2.22. The molecule has 0 amide bonds. The fraction of sp³-hybridized carbons (Fsp3) is 0.778. The number of likely N-dealkylation sites (tertiary alicyclic amines) is 1. The molecule has 0 saturated carbocycles. The molecule has 84 valence electrons. The zero-order chi connectivity index (χ0) is 10.7. The molecule has 6 heteroatoms. The van der Waals surface area contributed by atoms with E-state index in [1.165, 1.54) is 24.2 Å². The minimum atomic E-state index is 0.229. The number of nitrogens with zero attached hydrogens (tertiary/aromatic N) is 3. The first kappa shape index (κ1) is 11.3. The van der Waals surface area contributed by atoms with Crippen molar-refractivity contribution in [2.45, 2.75) is 31.8 Å². The number of aliphatic hydroxyl groups excluding tert-OH is 1. The van der Waals surface area contributed by atoms with Crippen LogP contribution < -0.4 is 0 Å². The quantitative estimate of drug-likeness (QED) is 0.880. The number of aliphatic hydroxyl groups is 1. The molecule has 4 nitrogen and oxygen atoms in total. The molecule has 0 spiro atoms. The normalized spacial score (nSPS) is 23.2. The molecule has 15 heavy (non-hydrogen) atoms. The van der Waals surface area contributed by atoms with Crippen molar-refractivity contribution in [3.63, 3.8) is 0 Å². The first-order chi connectivity index (χ1) is 7.29. The molecule has 1 aromatic heterocycles. The molecule has 1 N–H and O–H groups in total. The molecule has 1 fully saturated rings. The Morgan fingerprint density at radius 2 is 2.33 bits per heavy atom. The van der Waals surface area contributed by atoms with Gasteiger partial charge in [-0.25, -0.2) is 0 Å². The van der Waals surface area contributed by atoms with E-state index in [1.54, 1.807) is 0 Å². The minimum Gasteiger partial charge on any atom is -0.395 e. The zero-order valence-electron chi connectivity index (χ0n) is 8.40. The van der Waals surface area contributed by atoms with Gasteiger partial charge in [0.15, 0.2) is 0 Å². The highest BCUT2D eigenvalue weighted by atomic mass is 35.5. The summed E-state index contributed by atoms with van der Waals surface area (Å²) in [6.45, 7) is 2.02. The van der Waals surface area contributed by atoms with E-state index >= 15 is 0 Å². The van der Waals surface area contributed by atoms with E-state index in [-0.39, 0.29) is 12.6 Å². The van der Waals surface area contributed by atoms with Gasteiger partial charge in [-0.1, -0.05) is 17.8 Å². The third-order valence-corrected chi connectivity index (χ3v) is 3.74. The summed E-state index contributed by atoms with van der Waals surface area (Å²) in [6, 6.07) is 0.279. The third kappa shape index (κ3) is 2.87. The molecule has 1 aliphatic rings. The molecule has 1 saturated heterocycles. The van der Waals surface area contributed by atoms with Crippen LogP contribution in [0.2, 0.25) is 4.47 Å². The molecule has 2 rings (SSSR count). The van der Waals surface area contributed by atoms with Crippen molar-refractivity contribution in [1.82, 2.24) is 15.1 Å². The van der Waals surface area contributed by atoms with E-state index in [4.69, 9.17) is 11.6 Å². The van der Waals surface area contributed by atoms with E-state index in [9.17, 15) is 5.11 Å². The smallest absolute Gasteiger partial charge is 0.207 e. The average molecular weight is 248 g/mol. The second kappa shape index (κ2) is 5.21. The second-order valence-corrected chi connectivity index (χ2v) is 5.40. The summed E-state index contributed by atoms with van der Waals surface area (Å²) in [7, 11) is 0. The zero-order valence-corrected chi connectivity index (χ0v) is 9.97. The fourth-order valence-corrected chi connectivity index (χ4v) is 2.84. The summed E-state index contributed by atoms with van der Waals surface area (Å²) in [4.78, 5) is 2.26. The Hall–Kier alpha value is -0.230. The van der Waals surface area contributed by atoms with E-state index in [0.717, 1.165) is 24.5 Å². The van der Waals surface area contributed by atoms with Crippen molar-refractivity contribution in [1.29, 1.82) is 0 Å². The van der Waals surface area contributed by atoms with E-state index < -0.39 is 0 Å². The first-order valence-corrected chi connectivity index (χ1v) is 6.32. The van der Waals surface area contributed by atoms with Gasteiger partial charge in [-0.2, -0.15) is 0 Å².